The topological polar surface area (TPSA) is 60.5 Å². The number of pyridine rings is 1. The number of fused-ring (bicyclic) bond motifs is 1. The number of carbonyl (C=O) groups is 1. The molecule has 0 bridgehead atoms. The third-order valence-electron chi connectivity index (χ3n) is 5.36. The summed E-state index contributed by atoms with van der Waals surface area (Å²) in [6.07, 6.45) is 5.39. The highest BCUT2D eigenvalue weighted by Crippen LogP contribution is 2.43. The summed E-state index contributed by atoms with van der Waals surface area (Å²) in [5.41, 5.74) is 3.58. The van der Waals surface area contributed by atoms with Gasteiger partial charge in [0.2, 0.25) is 0 Å². The predicted molar refractivity (Wildman–Crippen MR) is 109 cm³/mol. The first kappa shape index (κ1) is 18.8. The van der Waals surface area contributed by atoms with E-state index in [9.17, 15) is 4.79 Å². The highest BCUT2D eigenvalue weighted by molar-refractivity contribution is 5.70. The molecule has 2 heterocycles. The van der Waals surface area contributed by atoms with Gasteiger partial charge in [-0.25, -0.2) is 4.98 Å². The van der Waals surface area contributed by atoms with Gasteiger partial charge in [-0.15, -0.1) is 0 Å². The number of ether oxygens (including phenoxy) is 2. The number of nitrogens with zero attached hydrogens (tertiary/aromatic N) is 1. The van der Waals surface area contributed by atoms with Gasteiger partial charge in [-0.3, -0.25) is 4.79 Å². The number of carbonyl (C=O) groups excluding carboxylic acids is 1. The summed E-state index contributed by atoms with van der Waals surface area (Å²) in [4.78, 5) is 16.3. The lowest BCUT2D eigenvalue weighted by molar-refractivity contribution is -0.145. The van der Waals surface area contributed by atoms with E-state index in [1.807, 2.05) is 19.1 Å². The maximum atomic E-state index is 11.6. The fourth-order valence-corrected chi connectivity index (χ4v) is 3.68. The van der Waals surface area contributed by atoms with Crippen molar-refractivity contribution in [2.45, 2.75) is 57.5 Å². The number of rotatable bonds is 8. The monoisotopic (exact) mass is 380 g/mol. The Labute approximate surface area is 166 Å². The Kier molecular flexibility index (Phi) is 5.79. The van der Waals surface area contributed by atoms with Crippen molar-refractivity contribution in [2.24, 2.45) is 0 Å². The van der Waals surface area contributed by atoms with E-state index in [0.717, 1.165) is 49.5 Å². The highest BCUT2D eigenvalue weighted by atomic mass is 16.5. The van der Waals surface area contributed by atoms with E-state index < -0.39 is 0 Å². The Balaban J connectivity index is 1.24. The Bertz CT molecular complexity index is 819. The SMILES string of the molecule is CCCC(=O)OC1CC1c1ccc(OCCc2ccc3c(n2)NCCC3)cc1. The quantitative estimate of drug-likeness (QED) is 0.694. The summed E-state index contributed by atoms with van der Waals surface area (Å²) in [6, 6.07) is 12.4. The normalized spacial score (nSPS) is 20.0. The van der Waals surface area contributed by atoms with Crippen molar-refractivity contribution >= 4 is 11.8 Å². The summed E-state index contributed by atoms with van der Waals surface area (Å²) in [7, 11) is 0. The van der Waals surface area contributed by atoms with Gasteiger partial charge in [0, 0.05) is 31.0 Å². The van der Waals surface area contributed by atoms with E-state index in [1.54, 1.807) is 0 Å². The molecule has 2 aliphatic rings. The summed E-state index contributed by atoms with van der Waals surface area (Å²) in [5, 5.41) is 3.37. The minimum Gasteiger partial charge on any atom is -0.493 e. The third-order valence-corrected chi connectivity index (χ3v) is 5.36. The van der Waals surface area contributed by atoms with Crippen LogP contribution in [0.5, 0.6) is 5.75 Å². The number of aromatic nitrogens is 1. The van der Waals surface area contributed by atoms with Crippen LogP contribution in [-0.2, 0) is 22.4 Å². The summed E-state index contributed by atoms with van der Waals surface area (Å²) in [6.45, 7) is 3.60. The lowest BCUT2D eigenvalue weighted by Crippen LogP contribution is -2.14. The summed E-state index contributed by atoms with van der Waals surface area (Å²) < 4.78 is 11.4. The van der Waals surface area contributed by atoms with Crippen molar-refractivity contribution < 1.29 is 14.3 Å². The van der Waals surface area contributed by atoms with Crippen molar-refractivity contribution in [3.8, 4) is 5.75 Å². The van der Waals surface area contributed by atoms with Crippen LogP contribution in [0.25, 0.3) is 0 Å². The standard InChI is InChI=1S/C23H28N2O3/c1-2-4-22(26)28-21-15-20(21)16-7-10-19(11-8-16)27-14-12-18-9-6-17-5-3-13-24-23(17)25-18/h6-11,20-21H,2-5,12-15H2,1H3,(H,24,25). The number of nitrogens with one attached hydrogen (secondary N) is 1. The largest absolute Gasteiger partial charge is 0.493 e. The molecule has 1 aromatic carbocycles. The van der Waals surface area contributed by atoms with Crippen LogP contribution in [-0.4, -0.2) is 30.2 Å². The number of hydrogen-bond acceptors (Lipinski definition) is 5. The molecule has 148 valence electrons. The number of hydrogen-bond donors (Lipinski definition) is 1. The van der Waals surface area contributed by atoms with E-state index in [-0.39, 0.29) is 12.1 Å². The lowest BCUT2D eigenvalue weighted by atomic mass is 10.1. The van der Waals surface area contributed by atoms with Gasteiger partial charge in [0.1, 0.15) is 17.7 Å². The predicted octanol–water partition coefficient (Wildman–Crippen LogP) is 4.26. The molecule has 1 aromatic heterocycles. The minimum atomic E-state index is -0.0825. The molecule has 1 aliphatic heterocycles. The molecule has 2 unspecified atom stereocenters. The number of anilines is 1. The van der Waals surface area contributed by atoms with Gasteiger partial charge >= 0.3 is 5.97 Å². The second-order valence-electron chi connectivity index (χ2n) is 7.63. The first-order chi connectivity index (χ1) is 13.7. The first-order valence-electron chi connectivity index (χ1n) is 10.4. The van der Waals surface area contributed by atoms with Crippen molar-refractivity contribution in [1.29, 1.82) is 0 Å². The molecular weight excluding hydrogens is 352 g/mol. The second kappa shape index (κ2) is 8.63. The Morgan fingerprint density at radius 2 is 2.07 bits per heavy atom. The van der Waals surface area contributed by atoms with Crippen molar-refractivity contribution in [3.63, 3.8) is 0 Å². The molecule has 28 heavy (non-hydrogen) atoms. The highest BCUT2D eigenvalue weighted by Gasteiger charge is 2.41. The van der Waals surface area contributed by atoms with Crippen LogP contribution in [0.4, 0.5) is 5.82 Å². The molecule has 2 aromatic rings. The van der Waals surface area contributed by atoms with Crippen LogP contribution >= 0.6 is 0 Å². The van der Waals surface area contributed by atoms with E-state index >= 15 is 0 Å². The maximum absolute atomic E-state index is 11.6. The van der Waals surface area contributed by atoms with Crippen molar-refractivity contribution in [2.75, 3.05) is 18.5 Å². The van der Waals surface area contributed by atoms with Gasteiger partial charge < -0.3 is 14.8 Å². The molecule has 1 fully saturated rings. The molecular formula is C23H28N2O3. The Morgan fingerprint density at radius 3 is 2.89 bits per heavy atom. The molecule has 5 heteroatoms. The van der Waals surface area contributed by atoms with Gasteiger partial charge in [0.25, 0.3) is 0 Å². The molecule has 1 saturated carbocycles. The molecule has 4 rings (SSSR count). The Morgan fingerprint density at radius 1 is 1.21 bits per heavy atom. The maximum Gasteiger partial charge on any atom is 0.306 e. The van der Waals surface area contributed by atoms with E-state index in [0.29, 0.717) is 18.9 Å². The molecule has 0 spiro atoms. The van der Waals surface area contributed by atoms with E-state index in [1.165, 1.54) is 17.5 Å². The minimum absolute atomic E-state index is 0.0505. The number of aryl methyl sites for hydroxylation is 1. The summed E-state index contributed by atoms with van der Waals surface area (Å²) in [5.74, 6) is 2.15. The molecule has 0 radical (unpaired) electrons. The average Bonchev–Trinajstić information content (AvgIpc) is 3.47. The summed E-state index contributed by atoms with van der Waals surface area (Å²) >= 11 is 0. The van der Waals surface area contributed by atoms with Crippen molar-refractivity contribution in [1.82, 2.24) is 4.98 Å². The smallest absolute Gasteiger partial charge is 0.306 e. The molecule has 0 saturated heterocycles. The van der Waals surface area contributed by atoms with Crippen LogP contribution in [0, 0.1) is 0 Å². The number of benzene rings is 1. The molecule has 1 aliphatic carbocycles. The van der Waals surface area contributed by atoms with Crippen LogP contribution < -0.4 is 10.1 Å². The van der Waals surface area contributed by atoms with Crippen LogP contribution in [0.3, 0.4) is 0 Å². The fraction of sp³-hybridized carbons (Fsp3) is 0.478. The van der Waals surface area contributed by atoms with Gasteiger partial charge in [0.05, 0.1) is 6.61 Å². The number of esters is 1. The molecule has 0 amide bonds. The Hall–Kier alpha value is -2.56. The molecule has 2 atom stereocenters. The zero-order valence-electron chi connectivity index (χ0n) is 16.4. The van der Waals surface area contributed by atoms with Gasteiger partial charge in [0.15, 0.2) is 0 Å². The van der Waals surface area contributed by atoms with Gasteiger partial charge in [-0.2, -0.15) is 0 Å². The molecule has 1 N–H and O–H groups in total. The lowest BCUT2D eigenvalue weighted by Gasteiger charge is -2.17. The van der Waals surface area contributed by atoms with Crippen LogP contribution in [0.15, 0.2) is 36.4 Å². The molecule has 5 nitrogen and oxygen atoms in total. The second-order valence-corrected chi connectivity index (χ2v) is 7.63. The fourth-order valence-electron chi connectivity index (χ4n) is 3.68. The zero-order chi connectivity index (χ0) is 19.3. The van der Waals surface area contributed by atoms with Crippen LogP contribution in [0.1, 0.15) is 55.3 Å². The van der Waals surface area contributed by atoms with Crippen LogP contribution in [0.2, 0.25) is 0 Å². The zero-order valence-corrected chi connectivity index (χ0v) is 16.4. The van der Waals surface area contributed by atoms with Crippen molar-refractivity contribution in [3.05, 3.63) is 53.2 Å². The van der Waals surface area contributed by atoms with Gasteiger partial charge in [-0.1, -0.05) is 25.1 Å². The van der Waals surface area contributed by atoms with E-state index in [4.69, 9.17) is 14.5 Å². The third kappa shape index (κ3) is 4.64. The van der Waals surface area contributed by atoms with Gasteiger partial charge in [-0.05, 0) is 55.0 Å². The van der Waals surface area contributed by atoms with E-state index in [2.05, 4.69) is 29.6 Å². The average molecular weight is 380 g/mol. The first-order valence-corrected chi connectivity index (χ1v) is 10.4.